The number of nitrogens with zero attached hydrogens (tertiary/aromatic N) is 3. The second-order valence-corrected chi connectivity index (χ2v) is 9.81. The van der Waals surface area contributed by atoms with E-state index in [2.05, 4.69) is 15.3 Å². The van der Waals surface area contributed by atoms with Crippen LogP contribution in [-0.2, 0) is 19.1 Å². The van der Waals surface area contributed by atoms with E-state index in [0.29, 0.717) is 37.0 Å². The van der Waals surface area contributed by atoms with Crippen LogP contribution in [0.3, 0.4) is 0 Å². The maximum atomic E-state index is 13.2. The number of carbonyl (C=O) groups is 2. The monoisotopic (exact) mass is 549 g/mol. The van der Waals surface area contributed by atoms with E-state index >= 15 is 0 Å². The number of hydrazine groups is 1. The number of hydrogen-bond acceptors (Lipinski definition) is 8. The fourth-order valence-corrected chi connectivity index (χ4v) is 4.96. The third-order valence-corrected chi connectivity index (χ3v) is 7.13. The third kappa shape index (κ3) is 6.39. The molecular weight excluding hydrogens is 519 g/mol. The van der Waals surface area contributed by atoms with Gasteiger partial charge in [0, 0.05) is 44.4 Å². The van der Waals surface area contributed by atoms with Gasteiger partial charge in [0.1, 0.15) is 0 Å². The molecular formula is C23H31ClF3N5O5. The average Bonchev–Trinajstić information content (AvgIpc) is 3.02. The van der Waals surface area contributed by atoms with Gasteiger partial charge >= 0.3 is 6.18 Å². The molecule has 1 aromatic heterocycles. The zero-order chi connectivity index (χ0) is 26.7. The van der Waals surface area contributed by atoms with Crippen LogP contribution in [0.4, 0.5) is 19.0 Å². The Morgan fingerprint density at radius 3 is 2.92 bits per heavy atom. The fourth-order valence-electron chi connectivity index (χ4n) is 4.83. The molecule has 10 nitrogen and oxygen atoms in total. The number of alkyl halides is 3. The molecule has 0 bridgehead atoms. The van der Waals surface area contributed by atoms with Gasteiger partial charge in [-0.1, -0.05) is 11.6 Å². The number of hydrogen-bond donors (Lipinski definition) is 2. The molecule has 0 aromatic carbocycles. The molecule has 3 aliphatic heterocycles. The number of aromatic nitrogens is 1. The highest BCUT2D eigenvalue weighted by Gasteiger charge is 2.52. The minimum absolute atomic E-state index is 0.00587. The zero-order valence-corrected chi connectivity index (χ0v) is 21.4. The Balaban J connectivity index is 1.22. The Morgan fingerprint density at radius 1 is 1.38 bits per heavy atom. The predicted molar refractivity (Wildman–Crippen MR) is 127 cm³/mol. The van der Waals surface area contributed by atoms with Crippen molar-refractivity contribution < 1.29 is 37.0 Å². The Hall–Kier alpha value is -2.35. The summed E-state index contributed by atoms with van der Waals surface area (Å²) in [7, 11) is 0. The third-order valence-electron chi connectivity index (χ3n) is 6.75. The van der Waals surface area contributed by atoms with Crippen molar-refractivity contribution in [3.8, 4) is 5.75 Å². The van der Waals surface area contributed by atoms with Gasteiger partial charge in [-0.25, -0.2) is 10.4 Å². The minimum atomic E-state index is -4.72. The van der Waals surface area contributed by atoms with Crippen molar-refractivity contribution in [2.24, 2.45) is 5.92 Å². The molecule has 4 atom stereocenters. The van der Waals surface area contributed by atoms with Gasteiger partial charge in [0.15, 0.2) is 17.5 Å². The van der Waals surface area contributed by atoms with Crippen molar-refractivity contribution in [3.63, 3.8) is 0 Å². The lowest BCUT2D eigenvalue weighted by Crippen LogP contribution is -2.60. The molecule has 0 radical (unpaired) electrons. The molecule has 2 unspecified atom stereocenters. The number of rotatable bonds is 7. The van der Waals surface area contributed by atoms with Gasteiger partial charge < -0.3 is 24.0 Å². The molecule has 206 valence electrons. The van der Waals surface area contributed by atoms with Crippen molar-refractivity contribution in [1.29, 1.82) is 0 Å². The van der Waals surface area contributed by atoms with Gasteiger partial charge in [-0.3, -0.25) is 15.0 Å². The van der Waals surface area contributed by atoms with Crippen LogP contribution in [0, 0.1) is 12.8 Å². The lowest BCUT2D eigenvalue weighted by atomic mass is 9.99. The van der Waals surface area contributed by atoms with E-state index in [1.165, 1.54) is 0 Å². The highest BCUT2D eigenvalue weighted by molar-refractivity contribution is 6.31. The van der Waals surface area contributed by atoms with E-state index in [1.54, 1.807) is 18.0 Å². The van der Waals surface area contributed by atoms with Crippen LogP contribution in [0.15, 0.2) is 6.20 Å². The van der Waals surface area contributed by atoms with Crippen LogP contribution in [0.1, 0.15) is 25.3 Å². The van der Waals surface area contributed by atoms with Crippen molar-refractivity contribution in [3.05, 3.63) is 16.8 Å². The smallest absolute Gasteiger partial charge is 0.403 e. The summed E-state index contributed by atoms with van der Waals surface area (Å²) in [4.78, 5) is 32.9. The van der Waals surface area contributed by atoms with Crippen LogP contribution >= 0.6 is 11.6 Å². The van der Waals surface area contributed by atoms with Gasteiger partial charge in [-0.05, 0) is 13.8 Å². The standard InChI is InChI=1S/C23H31ClF3N5O5/c1-13(37-17-10-29-30-22(34)19(17)23(25,26)27)12-35-7-4-18(33)31-5-6-32-15(11-31)3-8-36-20-14(2)16(24)9-28-21(20)32/h9,13,15,17,19,29H,3-8,10-12H2,1-2H3,(H,30,34)/t13-,15+,17?,19?/m0/s1. The summed E-state index contributed by atoms with van der Waals surface area (Å²) < 4.78 is 56.6. The number of ether oxygens (including phenoxy) is 3. The highest BCUT2D eigenvalue weighted by Crippen LogP contribution is 2.38. The van der Waals surface area contributed by atoms with E-state index in [9.17, 15) is 22.8 Å². The molecule has 2 saturated heterocycles. The maximum Gasteiger partial charge on any atom is 0.403 e. The van der Waals surface area contributed by atoms with E-state index in [4.69, 9.17) is 25.8 Å². The van der Waals surface area contributed by atoms with Crippen LogP contribution < -0.4 is 20.5 Å². The van der Waals surface area contributed by atoms with E-state index < -0.39 is 30.2 Å². The topological polar surface area (TPSA) is 105 Å². The predicted octanol–water partition coefficient (Wildman–Crippen LogP) is 1.84. The van der Waals surface area contributed by atoms with E-state index in [0.717, 1.165) is 17.8 Å². The van der Waals surface area contributed by atoms with Crippen LogP contribution in [0.2, 0.25) is 5.02 Å². The summed E-state index contributed by atoms with van der Waals surface area (Å²) >= 11 is 6.20. The van der Waals surface area contributed by atoms with E-state index in [-0.39, 0.29) is 38.1 Å². The number of nitrogens with one attached hydrogen (secondary N) is 2. The number of fused-ring (bicyclic) bond motifs is 3. The van der Waals surface area contributed by atoms with Gasteiger partial charge in [0.25, 0.3) is 0 Å². The highest BCUT2D eigenvalue weighted by atomic mass is 35.5. The molecule has 0 saturated carbocycles. The van der Waals surface area contributed by atoms with Gasteiger partial charge in [0.2, 0.25) is 11.8 Å². The minimum Gasteiger partial charge on any atom is -0.489 e. The molecule has 2 N–H and O–H groups in total. The molecule has 4 rings (SSSR count). The first-order valence-electron chi connectivity index (χ1n) is 12.2. The number of carbonyl (C=O) groups excluding carboxylic acids is 2. The molecule has 4 heterocycles. The Labute approximate surface area is 217 Å². The summed E-state index contributed by atoms with van der Waals surface area (Å²) in [5, 5.41) is 0.548. The maximum absolute atomic E-state index is 13.2. The molecule has 0 aliphatic carbocycles. The Kier molecular flexibility index (Phi) is 8.66. The largest absolute Gasteiger partial charge is 0.489 e. The van der Waals surface area contributed by atoms with Crippen molar-refractivity contribution >= 4 is 29.2 Å². The molecule has 0 spiro atoms. The fraction of sp³-hybridized carbons (Fsp3) is 0.696. The van der Waals surface area contributed by atoms with Gasteiger partial charge in [-0.2, -0.15) is 13.2 Å². The molecule has 14 heteroatoms. The number of pyridine rings is 1. The lowest BCUT2D eigenvalue weighted by Gasteiger charge is -2.41. The SMILES string of the molecule is Cc1c(Cl)cnc2c1OCC[C@@H]1CN(C(=O)CCOC[C@H](C)OC3CNNC(=O)C3C(F)(F)F)CCN21. The summed E-state index contributed by atoms with van der Waals surface area (Å²) in [5.74, 6) is -2.07. The number of halogens is 4. The van der Waals surface area contributed by atoms with E-state index in [1.807, 2.05) is 12.3 Å². The van der Waals surface area contributed by atoms with Crippen LogP contribution in [0.5, 0.6) is 5.75 Å². The molecule has 37 heavy (non-hydrogen) atoms. The van der Waals surface area contributed by atoms with Gasteiger partial charge in [-0.15, -0.1) is 0 Å². The molecule has 3 aliphatic rings. The first-order chi connectivity index (χ1) is 17.6. The normalized spacial score (nSPS) is 24.9. The Morgan fingerprint density at radius 2 is 2.16 bits per heavy atom. The lowest BCUT2D eigenvalue weighted by molar-refractivity contribution is -0.219. The first-order valence-corrected chi connectivity index (χ1v) is 12.6. The zero-order valence-electron chi connectivity index (χ0n) is 20.6. The molecule has 2 amide bonds. The second-order valence-electron chi connectivity index (χ2n) is 9.41. The first kappa shape index (κ1) is 27.7. The number of piperazine rings is 1. The number of amides is 2. The van der Waals surface area contributed by atoms with Crippen LogP contribution in [-0.4, -0.2) is 92.1 Å². The summed E-state index contributed by atoms with van der Waals surface area (Å²) in [6.45, 7) is 5.53. The van der Waals surface area contributed by atoms with Crippen molar-refractivity contribution in [2.45, 2.75) is 51.1 Å². The Bertz CT molecular complexity index is 1000. The summed E-state index contributed by atoms with van der Waals surface area (Å²) in [6.07, 6.45) is -4.30. The van der Waals surface area contributed by atoms with Crippen LogP contribution in [0.25, 0.3) is 0 Å². The molecule has 2 fully saturated rings. The van der Waals surface area contributed by atoms with Crippen molar-refractivity contribution in [2.75, 3.05) is 50.9 Å². The van der Waals surface area contributed by atoms with Gasteiger partial charge in [0.05, 0.1) is 49.5 Å². The molecule has 1 aromatic rings. The van der Waals surface area contributed by atoms with Crippen molar-refractivity contribution in [1.82, 2.24) is 20.7 Å². The average molecular weight is 550 g/mol. The number of anilines is 1. The summed E-state index contributed by atoms with van der Waals surface area (Å²) in [6, 6.07) is 0.0595. The summed E-state index contributed by atoms with van der Waals surface area (Å²) in [5.41, 5.74) is 5.24. The quantitative estimate of drug-likeness (QED) is 0.497. The second kappa shape index (κ2) is 11.6.